The number of nitrogens with zero attached hydrogens (tertiary/aromatic N) is 4. The third-order valence-corrected chi connectivity index (χ3v) is 15.1. The van der Waals surface area contributed by atoms with E-state index in [-0.39, 0.29) is 0 Å². The molecule has 0 radical (unpaired) electrons. The first-order valence-electron chi connectivity index (χ1n) is 25.6. The molecule has 0 bridgehead atoms. The van der Waals surface area contributed by atoms with Crippen molar-refractivity contribution < 1.29 is 4.42 Å². The summed E-state index contributed by atoms with van der Waals surface area (Å²) in [4.78, 5) is 4.68. The van der Waals surface area contributed by atoms with Gasteiger partial charge in [0.2, 0.25) is 0 Å². The molecule has 0 spiro atoms. The number of hydrogen-bond donors (Lipinski definition) is 0. The second kappa shape index (κ2) is 17.3. The number of para-hydroxylation sites is 4. The third-order valence-electron chi connectivity index (χ3n) is 15.1. The van der Waals surface area contributed by atoms with Crippen LogP contribution in [0.25, 0.3) is 98.6 Å². The molecule has 15 rings (SSSR count). The first kappa shape index (κ1) is 42.6. The van der Waals surface area contributed by atoms with Crippen molar-refractivity contribution in [3.05, 3.63) is 279 Å². The summed E-state index contributed by atoms with van der Waals surface area (Å²) in [6.07, 6.45) is 1.82. The molecule has 3 heterocycles. The zero-order valence-corrected chi connectivity index (χ0v) is 40.8. The standard InChI is InChI=1S/C70H46N4O/c1-3-19-52(20-4-1)71(57-35-38-67-63(45-57)60-23-11-13-25-65(60)73(67)55-33-27-47-15-7-9-17-50(47)43-55)54-31-29-49(30-32-54)59-37-40-69(70-62(59)41-42-75-70)72(53-21-5-2-6-22-53)58-36-39-68-64(46-58)61-24-12-14-26-66(61)74(68)56-34-28-48-16-8-10-18-51(48)44-56/h1-46H. The molecule has 0 amide bonds. The molecule has 15 aromatic rings. The highest BCUT2D eigenvalue weighted by molar-refractivity contribution is 6.13. The number of fused-ring (bicyclic) bond motifs is 9. The van der Waals surface area contributed by atoms with Crippen molar-refractivity contribution in [1.82, 2.24) is 9.13 Å². The quantitative estimate of drug-likeness (QED) is 0.144. The average Bonchev–Trinajstić information content (AvgIpc) is 4.20. The summed E-state index contributed by atoms with van der Waals surface area (Å²) in [6, 6.07) is 98.6. The summed E-state index contributed by atoms with van der Waals surface area (Å²) in [5.74, 6) is 0. The van der Waals surface area contributed by atoms with Crippen LogP contribution in [0.1, 0.15) is 0 Å². The van der Waals surface area contributed by atoms with Gasteiger partial charge in [-0.2, -0.15) is 0 Å². The van der Waals surface area contributed by atoms with Crippen molar-refractivity contribution in [2.24, 2.45) is 0 Å². The van der Waals surface area contributed by atoms with E-state index in [2.05, 4.69) is 292 Å². The Labute approximate surface area is 433 Å². The smallest absolute Gasteiger partial charge is 0.158 e. The summed E-state index contributed by atoms with van der Waals surface area (Å²) < 4.78 is 11.3. The van der Waals surface area contributed by atoms with E-state index in [0.29, 0.717) is 0 Å². The van der Waals surface area contributed by atoms with Crippen LogP contribution in [0.15, 0.2) is 284 Å². The first-order chi connectivity index (χ1) is 37.2. The predicted octanol–water partition coefficient (Wildman–Crippen LogP) is 19.5. The summed E-state index contributed by atoms with van der Waals surface area (Å²) >= 11 is 0. The van der Waals surface area contributed by atoms with Gasteiger partial charge >= 0.3 is 0 Å². The van der Waals surface area contributed by atoms with Crippen LogP contribution >= 0.6 is 0 Å². The maximum Gasteiger partial charge on any atom is 0.158 e. The number of furan rings is 1. The van der Waals surface area contributed by atoms with E-state index in [1.165, 1.54) is 59.6 Å². The van der Waals surface area contributed by atoms with Crippen molar-refractivity contribution in [3.63, 3.8) is 0 Å². The van der Waals surface area contributed by atoms with Crippen molar-refractivity contribution in [1.29, 1.82) is 0 Å². The highest BCUT2D eigenvalue weighted by Gasteiger charge is 2.23. The SMILES string of the molecule is c1ccc(N(c2ccc(-c3ccc(N(c4ccccc4)c4ccc5c(c4)c4ccccc4n5-c4ccc5ccccc5c4)c4occc34)cc2)c2ccc3c(c2)c2ccccc2n3-c2ccc3ccccc3c2)cc1. The maximum atomic E-state index is 6.53. The van der Waals surface area contributed by atoms with Gasteiger partial charge in [-0.1, -0.05) is 152 Å². The second-order valence-electron chi connectivity index (χ2n) is 19.4. The van der Waals surface area contributed by atoms with Gasteiger partial charge in [-0.25, -0.2) is 0 Å². The van der Waals surface area contributed by atoms with Crippen LogP contribution in [0.5, 0.6) is 0 Å². The topological polar surface area (TPSA) is 29.5 Å². The fourth-order valence-electron chi connectivity index (χ4n) is 11.7. The lowest BCUT2D eigenvalue weighted by Crippen LogP contribution is -2.10. The molecule has 0 aliphatic rings. The number of rotatable bonds is 9. The van der Waals surface area contributed by atoms with Gasteiger partial charge in [0.15, 0.2) is 5.58 Å². The highest BCUT2D eigenvalue weighted by Crippen LogP contribution is 2.46. The van der Waals surface area contributed by atoms with Gasteiger partial charge in [0.25, 0.3) is 0 Å². The Morgan fingerprint density at radius 2 is 0.733 bits per heavy atom. The molecule has 0 aliphatic carbocycles. The molecule has 12 aromatic carbocycles. The first-order valence-corrected chi connectivity index (χ1v) is 25.6. The van der Waals surface area contributed by atoms with Gasteiger partial charge < -0.3 is 23.4 Å². The molecule has 0 N–H and O–H groups in total. The molecular weight excluding hydrogens is 913 g/mol. The zero-order valence-electron chi connectivity index (χ0n) is 40.8. The van der Waals surface area contributed by atoms with Gasteiger partial charge in [-0.15, -0.1) is 0 Å². The molecule has 5 nitrogen and oxygen atoms in total. The molecule has 0 unspecified atom stereocenters. The predicted molar refractivity (Wildman–Crippen MR) is 315 cm³/mol. The normalized spacial score (nSPS) is 11.7. The summed E-state index contributed by atoms with van der Waals surface area (Å²) in [6.45, 7) is 0. The third kappa shape index (κ3) is 7.01. The molecule has 0 saturated heterocycles. The molecule has 0 aliphatic heterocycles. The van der Waals surface area contributed by atoms with E-state index in [0.717, 1.165) is 73.1 Å². The number of anilines is 6. The van der Waals surface area contributed by atoms with Crippen LogP contribution in [-0.2, 0) is 0 Å². The lowest BCUT2D eigenvalue weighted by molar-refractivity contribution is 0.616. The van der Waals surface area contributed by atoms with Crippen LogP contribution in [0.2, 0.25) is 0 Å². The average molecular weight is 959 g/mol. The maximum absolute atomic E-state index is 6.53. The van der Waals surface area contributed by atoms with Crippen molar-refractivity contribution in [2.45, 2.75) is 0 Å². The fraction of sp³-hybridized carbons (Fsp3) is 0. The summed E-state index contributed by atoms with van der Waals surface area (Å²) in [5.41, 5.74) is 16.3. The Balaban J connectivity index is 0.817. The van der Waals surface area contributed by atoms with E-state index < -0.39 is 0 Å². The Bertz CT molecular complexity index is 4660. The monoisotopic (exact) mass is 958 g/mol. The number of hydrogen-bond acceptors (Lipinski definition) is 3. The molecule has 3 aromatic heterocycles. The van der Waals surface area contributed by atoms with Crippen LogP contribution < -0.4 is 9.80 Å². The fourth-order valence-corrected chi connectivity index (χ4v) is 11.7. The minimum absolute atomic E-state index is 0.821. The zero-order chi connectivity index (χ0) is 49.4. The molecule has 75 heavy (non-hydrogen) atoms. The van der Waals surface area contributed by atoms with Gasteiger partial charge in [-0.05, 0) is 154 Å². The Kier molecular flexibility index (Phi) is 9.82. The largest absolute Gasteiger partial charge is 0.462 e. The van der Waals surface area contributed by atoms with Gasteiger partial charge in [0, 0.05) is 66.7 Å². The van der Waals surface area contributed by atoms with E-state index in [1.807, 2.05) is 6.26 Å². The van der Waals surface area contributed by atoms with Crippen LogP contribution in [0.4, 0.5) is 34.1 Å². The van der Waals surface area contributed by atoms with Crippen LogP contribution in [0.3, 0.4) is 0 Å². The van der Waals surface area contributed by atoms with Gasteiger partial charge in [0.05, 0.1) is 34.0 Å². The summed E-state index contributed by atoms with van der Waals surface area (Å²) in [7, 11) is 0. The van der Waals surface area contributed by atoms with Crippen LogP contribution in [-0.4, -0.2) is 9.13 Å². The van der Waals surface area contributed by atoms with Crippen LogP contribution in [0, 0.1) is 0 Å². The molecule has 5 heteroatoms. The van der Waals surface area contributed by atoms with Gasteiger partial charge in [-0.3, -0.25) is 0 Å². The molecule has 0 saturated carbocycles. The molecule has 352 valence electrons. The van der Waals surface area contributed by atoms with E-state index >= 15 is 0 Å². The highest BCUT2D eigenvalue weighted by atomic mass is 16.3. The molecule has 0 fully saturated rings. The minimum atomic E-state index is 0.821. The van der Waals surface area contributed by atoms with Gasteiger partial charge in [0.1, 0.15) is 0 Å². The van der Waals surface area contributed by atoms with E-state index in [1.54, 1.807) is 0 Å². The van der Waals surface area contributed by atoms with E-state index in [4.69, 9.17) is 4.42 Å². The minimum Gasteiger partial charge on any atom is -0.462 e. The molecular formula is C70H46N4O. The van der Waals surface area contributed by atoms with E-state index in [9.17, 15) is 0 Å². The van der Waals surface area contributed by atoms with Crippen molar-refractivity contribution in [3.8, 4) is 22.5 Å². The Hall–Kier alpha value is -10.1. The lowest BCUT2D eigenvalue weighted by atomic mass is 9.99. The Morgan fingerprint density at radius 3 is 1.31 bits per heavy atom. The number of benzene rings is 12. The molecule has 0 atom stereocenters. The Morgan fingerprint density at radius 1 is 0.280 bits per heavy atom. The van der Waals surface area contributed by atoms with Crippen molar-refractivity contribution in [2.75, 3.05) is 9.80 Å². The number of aromatic nitrogens is 2. The van der Waals surface area contributed by atoms with Crippen molar-refractivity contribution >= 4 is 110 Å². The lowest BCUT2D eigenvalue weighted by Gasteiger charge is -2.26. The second-order valence-corrected chi connectivity index (χ2v) is 19.4. The summed E-state index contributed by atoms with van der Waals surface area (Å²) in [5, 5.41) is 10.8.